The highest BCUT2D eigenvalue weighted by Crippen LogP contribution is 2.31. The molecule has 134 valence electrons. The van der Waals surface area contributed by atoms with Crippen LogP contribution in [0.15, 0.2) is 0 Å². The zero-order valence-corrected chi connectivity index (χ0v) is 15.5. The van der Waals surface area contributed by atoms with Gasteiger partial charge in [-0.05, 0) is 45.2 Å². The molecule has 0 aromatic carbocycles. The Labute approximate surface area is 141 Å². The standard InChI is InChI=1S/C17H32N2O3S/c1-3-8-15-13-19(23(21,22)4-2)14-16(15)17(20)9-12-18-10-6-5-7-11-18/h15-16H,3-14H2,1-2H3/t15-,16?/m0/s1. The van der Waals surface area contributed by atoms with Crippen LogP contribution in [0.25, 0.3) is 0 Å². The Morgan fingerprint density at radius 2 is 1.78 bits per heavy atom. The van der Waals surface area contributed by atoms with Crippen LogP contribution in [0.2, 0.25) is 0 Å². The maximum Gasteiger partial charge on any atom is 0.213 e. The third-order valence-corrected chi connectivity index (χ3v) is 7.18. The molecule has 1 unspecified atom stereocenters. The van der Waals surface area contributed by atoms with Crippen LogP contribution in [-0.2, 0) is 14.8 Å². The van der Waals surface area contributed by atoms with Crippen LogP contribution in [0, 0.1) is 11.8 Å². The second-order valence-corrected chi connectivity index (χ2v) is 9.25. The number of carbonyl (C=O) groups excluding carboxylic acids is 1. The molecule has 2 atom stereocenters. The molecule has 0 aliphatic carbocycles. The lowest BCUT2D eigenvalue weighted by atomic mass is 9.87. The molecule has 2 heterocycles. The summed E-state index contributed by atoms with van der Waals surface area (Å²) in [7, 11) is -3.18. The molecule has 23 heavy (non-hydrogen) atoms. The molecule has 0 spiro atoms. The smallest absolute Gasteiger partial charge is 0.213 e. The third-order valence-electron chi connectivity index (χ3n) is 5.36. The molecular weight excluding hydrogens is 312 g/mol. The van der Waals surface area contributed by atoms with E-state index in [0.717, 1.165) is 32.5 Å². The van der Waals surface area contributed by atoms with Crippen molar-refractivity contribution in [1.29, 1.82) is 0 Å². The van der Waals surface area contributed by atoms with E-state index >= 15 is 0 Å². The van der Waals surface area contributed by atoms with Gasteiger partial charge in [0.1, 0.15) is 5.78 Å². The van der Waals surface area contributed by atoms with E-state index in [2.05, 4.69) is 11.8 Å². The van der Waals surface area contributed by atoms with Crippen molar-refractivity contribution >= 4 is 15.8 Å². The molecule has 0 bridgehead atoms. The molecule has 2 aliphatic rings. The molecule has 0 amide bonds. The molecule has 2 fully saturated rings. The van der Waals surface area contributed by atoms with Crippen molar-refractivity contribution in [2.75, 3.05) is 38.5 Å². The van der Waals surface area contributed by atoms with Crippen molar-refractivity contribution in [2.45, 2.75) is 52.4 Å². The van der Waals surface area contributed by atoms with Crippen LogP contribution in [0.1, 0.15) is 52.4 Å². The summed E-state index contributed by atoms with van der Waals surface area (Å²) in [6.07, 6.45) is 6.29. The normalized spacial score (nSPS) is 27.4. The van der Waals surface area contributed by atoms with Gasteiger partial charge in [0.25, 0.3) is 0 Å². The molecule has 0 N–H and O–H groups in total. The summed E-state index contributed by atoms with van der Waals surface area (Å²) in [5.74, 6) is 0.500. The molecule has 5 nitrogen and oxygen atoms in total. The topological polar surface area (TPSA) is 57.7 Å². The van der Waals surface area contributed by atoms with Gasteiger partial charge in [-0.25, -0.2) is 12.7 Å². The molecule has 2 aliphatic heterocycles. The Bertz CT molecular complexity index is 486. The predicted molar refractivity (Wildman–Crippen MR) is 92.8 cm³/mol. The number of ketones is 1. The average Bonchev–Trinajstić information content (AvgIpc) is 2.99. The van der Waals surface area contributed by atoms with Crippen LogP contribution in [-0.4, -0.2) is 61.9 Å². The zero-order valence-electron chi connectivity index (χ0n) is 14.7. The molecule has 2 rings (SSSR count). The first-order chi connectivity index (χ1) is 11.0. The van der Waals surface area contributed by atoms with Crippen molar-refractivity contribution in [3.63, 3.8) is 0 Å². The number of sulfonamides is 1. The van der Waals surface area contributed by atoms with Crippen molar-refractivity contribution in [2.24, 2.45) is 11.8 Å². The Morgan fingerprint density at radius 1 is 1.09 bits per heavy atom. The molecule has 0 radical (unpaired) electrons. The minimum atomic E-state index is -3.18. The van der Waals surface area contributed by atoms with E-state index < -0.39 is 10.0 Å². The summed E-state index contributed by atoms with van der Waals surface area (Å²) in [4.78, 5) is 15.1. The number of nitrogens with zero attached hydrogens (tertiary/aromatic N) is 2. The largest absolute Gasteiger partial charge is 0.303 e. The van der Waals surface area contributed by atoms with Crippen LogP contribution in [0.3, 0.4) is 0 Å². The third kappa shape index (κ3) is 5.00. The zero-order chi connectivity index (χ0) is 16.9. The van der Waals surface area contributed by atoms with Gasteiger partial charge >= 0.3 is 0 Å². The van der Waals surface area contributed by atoms with Crippen molar-refractivity contribution in [1.82, 2.24) is 9.21 Å². The summed E-state index contributed by atoms with van der Waals surface area (Å²) in [6, 6.07) is 0. The van der Waals surface area contributed by atoms with Crippen molar-refractivity contribution in [3.8, 4) is 0 Å². The first-order valence-corrected chi connectivity index (χ1v) is 10.8. The fourth-order valence-corrected chi connectivity index (χ4v) is 5.08. The van der Waals surface area contributed by atoms with Crippen LogP contribution in [0.4, 0.5) is 0 Å². The predicted octanol–water partition coefficient (Wildman–Crippen LogP) is 2.13. The van der Waals surface area contributed by atoms with Gasteiger partial charge in [0.2, 0.25) is 10.0 Å². The van der Waals surface area contributed by atoms with Gasteiger partial charge in [0, 0.05) is 32.0 Å². The van der Waals surface area contributed by atoms with E-state index in [1.165, 1.54) is 19.3 Å². The summed E-state index contributed by atoms with van der Waals surface area (Å²) in [5.41, 5.74) is 0. The molecule has 0 aromatic heterocycles. The summed E-state index contributed by atoms with van der Waals surface area (Å²) < 4.78 is 25.8. The van der Waals surface area contributed by atoms with E-state index in [4.69, 9.17) is 0 Å². The number of carbonyl (C=O) groups is 1. The fourth-order valence-electron chi connectivity index (χ4n) is 3.91. The van der Waals surface area contributed by atoms with Crippen LogP contribution < -0.4 is 0 Å². The Hall–Kier alpha value is -0.460. The summed E-state index contributed by atoms with van der Waals surface area (Å²) in [5, 5.41) is 0. The highest BCUT2D eigenvalue weighted by molar-refractivity contribution is 7.89. The lowest BCUT2D eigenvalue weighted by molar-refractivity contribution is -0.123. The molecule has 0 saturated carbocycles. The maximum atomic E-state index is 12.7. The second kappa shape index (κ2) is 8.58. The van der Waals surface area contributed by atoms with E-state index in [1.54, 1.807) is 11.2 Å². The molecule has 0 aromatic rings. The number of rotatable bonds is 8. The number of hydrogen-bond acceptors (Lipinski definition) is 4. The van der Waals surface area contributed by atoms with Crippen LogP contribution >= 0.6 is 0 Å². The van der Waals surface area contributed by atoms with Gasteiger partial charge in [-0.2, -0.15) is 0 Å². The van der Waals surface area contributed by atoms with Crippen LogP contribution in [0.5, 0.6) is 0 Å². The van der Waals surface area contributed by atoms with Crippen molar-refractivity contribution in [3.05, 3.63) is 0 Å². The lowest BCUT2D eigenvalue weighted by Crippen LogP contribution is -2.34. The first kappa shape index (κ1) is 18.9. The Morgan fingerprint density at radius 3 is 2.39 bits per heavy atom. The van der Waals surface area contributed by atoms with E-state index in [9.17, 15) is 13.2 Å². The van der Waals surface area contributed by atoms with Gasteiger partial charge < -0.3 is 4.90 Å². The number of piperidine rings is 1. The summed E-state index contributed by atoms with van der Waals surface area (Å²) in [6.45, 7) is 7.76. The SMILES string of the molecule is CCC[C@H]1CN(S(=O)(=O)CC)CC1C(=O)CCN1CCCCC1. The maximum absolute atomic E-state index is 12.7. The van der Waals surface area contributed by atoms with E-state index in [-0.39, 0.29) is 23.4 Å². The second-order valence-electron chi connectivity index (χ2n) is 6.99. The van der Waals surface area contributed by atoms with Gasteiger partial charge in [-0.1, -0.05) is 19.8 Å². The van der Waals surface area contributed by atoms with E-state index in [1.807, 2.05) is 0 Å². The Kier molecular flexibility index (Phi) is 7.04. The minimum Gasteiger partial charge on any atom is -0.303 e. The summed E-state index contributed by atoms with van der Waals surface area (Å²) >= 11 is 0. The lowest BCUT2D eigenvalue weighted by Gasteiger charge is -2.26. The Balaban J connectivity index is 1.93. The van der Waals surface area contributed by atoms with E-state index in [0.29, 0.717) is 19.5 Å². The number of hydrogen-bond donors (Lipinski definition) is 0. The monoisotopic (exact) mass is 344 g/mol. The molecule has 6 heteroatoms. The highest BCUT2D eigenvalue weighted by Gasteiger charge is 2.40. The highest BCUT2D eigenvalue weighted by atomic mass is 32.2. The quantitative estimate of drug-likeness (QED) is 0.677. The molecular formula is C17H32N2O3S. The fraction of sp³-hybridized carbons (Fsp3) is 0.941. The first-order valence-electron chi connectivity index (χ1n) is 9.20. The van der Waals surface area contributed by atoms with Gasteiger partial charge in [-0.3, -0.25) is 4.79 Å². The van der Waals surface area contributed by atoms with Gasteiger partial charge in [0.15, 0.2) is 0 Å². The number of Topliss-reactive ketones (excluding diaryl/α,β-unsaturated/α-hetero) is 1. The minimum absolute atomic E-state index is 0.0962. The number of likely N-dealkylation sites (tertiary alicyclic amines) is 1. The van der Waals surface area contributed by atoms with Gasteiger partial charge in [0.05, 0.1) is 5.75 Å². The average molecular weight is 345 g/mol. The van der Waals surface area contributed by atoms with Crippen molar-refractivity contribution < 1.29 is 13.2 Å². The molecule has 2 saturated heterocycles. The van der Waals surface area contributed by atoms with Gasteiger partial charge in [-0.15, -0.1) is 0 Å².